The first kappa shape index (κ1) is 17.3. The number of hydrogen-bond acceptors (Lipinski definition) is 3. The molecular formula is C19H32N2O. The number of likely N-dealkylation sites (tertiary alicyclic amines) is 1. The molecule has 124 valence electrons. The summed E-state index contributed by atoms with van der Waals surface area (Å²) in [5.74, 6) is 0.990. The first-order valence-electron chi connectivity index (χ1n) is 8.81. The number of nitrogens with zero attached hydrogens (tertiary/aromatic N) is 2. The molecule has 3 nitrogen and oxygen atoms in total. The Balaban J connectivity index is 1.79. The van der Waals surface area contributed by atoms with Gasteiger partial charge >= 0.3 is 0 Å². The minimum Gasteiger partial charge on any atom is -0.492 e. The van der Waals surface area contributed by atoms with Crippen molar-refractivity contribution in [3.63, 3.8) is 0 Å². The molecule has 0 radical (unpaired) electrons. The van der Waals surface area contributed by atoms with Crippen LogP contribution in [0.4, 0.5) is 0 Å². The van der Waals surface area contributed by atoms with E-state index in [1.165, 1.54) is 50.9 Å². The Morgan fingerprint density at radius 1 is 1.14 bits per heavy atom. The van der Waals surface area contributed by atoms with Gasteiger partial charge in [-0.15, -0.1) is 0 Å². The molecule has 0 saturated carbocycles. The Bertz CT molecular complexity index is 410. The summed E-state index contributed by atoms with van der Waals surface area (Å²) in [7, 11) is 2.23. The lowest BCUT2D eigenvalue weighted by Gasteiger charge is -2.37. The fourth-order valence-electron chi connectivity index (χ4n) is 3.11. The van der Waals surface area contributed by atoms with E-state index in [9.17, 15) is 0 Å². The summed E-state index contributed by atoms with van der Waals surface area (Å²) in [6, 6.07) is 9.11. The van der Waals surface area contributed by atoms with Gasteiger partial charge in [-0.25, -0.2) is 0 Å². The van der Waals surface area contributed by atoms with E-state index in [-0.39, 0.29) is 0 Å². The van der Waals surface area contributed by atoms with Crippen LogP contribution in [-0.4, -0.2) is 55.7 Å². The summed E-state index contributed by atoms with van der Waals surface area (Å²) in [4.78, 5) is 5.10. The van der Waals surface area contributed by atoms with E-state index in [1.807, 2.05) is 0 Å². The van der Waals surface area contributed by atoms with Crippen LogP contribution in [0, 0.1) is 6.92 Å². The maximum atomic E-state index is 5.93. The molecule has 1 fully saturated rings. The molecule has 0 N–H and O–H groups in total. The van der Waals surface area contributed by atoms with Crippen LogP contribution in [-0.2, 0) is 0 Å². The lowest BCUT2D eigenvalue weighted by Crippen LogP contribution is -2.45. The molecule has 0 atom stereocenters. The molecule has 1 aliphatic rings. The van der Waals surface area contributed by atoms with Crippen molar-refractivity contribution in [1.29, 1.82) is 0 Å². The Kier molecular flexibility index (Phi) is 7.20. The molecule has 1 aromatic rings. The first-order chi connectivity index (χ1) is 10.7. The van der Waals surface area contributed by atoms with Gasteiger partial charge in [-0.2, -0.15) is 0 Å². The smallest absolute Gasteiger partial charge is 0.119 e. The Morgan fingerprint density at radius 3 is 2.45 bits per heavy atom. The summed E-state index contributed by atoms with van der Waals surface area (Å²) < 4.78 is 5.93. The zero-order valence-electron chi connectivity index (χ0n) is 14.6. The standard InChI is InChI=1S/C19H32N2O/c1-4-5-12-21(18-10-13-20(3)14-11-18)15-16-22-19-8-6-17(2)7-9-19/h6-9,18H,4-5,10-16H2,1-3H3. The quantitative estimate of drug-likeness (QED) is 0.730. The van der Waals surface area contributed by atoms with Crippen LogP contribution in [0.2, 0.25) is 0 Å². The largest absolute Gasteiger partial charge is 0.492 e. The second kappa shape index (κ2) is 9.16. The highest BCUT2D eigenvalue weighted by Crippen LogP contribution is 2.17. The van der Waals surface area contributed by atoms with E-state index in [4.69, 9.17) is 4.74 Å². The minimum atomic E-state index is 0.740. The van der Waals surface area contributed by atoms with Crippen LogP contribution in [0.25, 0.3) is 0 Å². The number of aryl methyl sites for hydroxylation is 1. The highest BCUT2D eigenvalue weighted by atomic mass is 16.5. The number of rotatable bonds is 8. The summed E-state index contributed by atoms with van der Waals surface area (Å²) in [5.41, 5.74) is 1.28. The predicted molar refractivity (Wildman–Crippen MR) is 93.7 cm³/mol. The van der Waals surface area contributed by atoms with Gasteiger partial charge in [-0.3, -0.25) is 4.90 Å². The second-order valence-electron chi connectivity index (χ2n) is 6.59. The summed E-state index contributed by atoms with van der Waals surface area (Å²) in [6.07, 6.45) is 5.15. The molecule has 1 aromatic carbocycles. The van der Waals surface area contributed by atoms with Crippen LogP contribution in [0.3, 0.4) is 0 Å². The van der Waals surface area contributed by atoms with Crippen LogP contribution < -0.4 is 4.74 Å². The normalized spacial score (nSPS) is 17.1. The van der Waals surface area contributed by atoms with Gasteiger partial charge in [0.15, 0.2) is 0 Å². The van der Waals surface area contributed by atoms with Crippen molar-refractivity contribution >= 4 is 0 Å². The molecular weight excluding hydrogens is 272 g/mol. The monoisotopic (exact) mass is 304 g/mol. The topological polar surface area (TPSA) is 15.7 Å². The van der Waals surface area contributed by atoms with Crippen molar-refractivity contribution in [3.05, 3.63) is 29.8 Å². The van der Waals surface area contributed by atoms with Crippen molar-refractivity contribution in [1.82, 2.24) is 9.80 Å². The SMILES string of the molecule is CCCCN(CCOc1ccc(C)cc1)C1CCN(C)CC1. The van der Waals surface area contributed by atoms with Gasteiger partial charge in [0.2, 0.25) is 0 Å². The van der Waals surface area contributed by atoms with E-state index in [0.29, 0.717) is 0 Å². The fraction of sp³-hybridized carbons (Fsp3) is 0.684. The second-order valence-corrected chi connectivity index (χ2v) is 6.59. The van der Waals surface area contributed by atoms with E-state index in [1.54, 1.807) is 0 Å². The summed E-state index contributed by atoms with van der Waals surface area (Å²) in [5, 5.41) is 0. The van der Waals surface area contributed by atoms with Crippen molar-refractivity contribution in [2.45, 2.75) is 45.6 Å². The maximum Gasteiger partial charge on any atom is 0.119 e. The number of piperidine rings is 1. The molecule has 0 aromatic heterocycles. The van der Waals surface area contributed by atoms with Crippen LogP contribution in [0.5, 0.6) is 5.75 Å². The molecule has 0 amide bonds. The summed E-state index contributed by atoms with van der Waals surface area (Å²) in [6.45, 7) is 9.88. The zero-order valence-corrected chi connectivity index (χ0v) is 14.6. The third-order valence-corrected chi connectivity index (χ3v) is 4.67. The molecule has 1 aliphatic heterocycles. The Morgan fingerprint density at radius 2 is 1.82 bits per heavy atom. The van der Waals surface area contributed by atoms with E-state index >= 15 is 0 Å². The van der Waals surface area contributed by atoms with Gasteiger partial charge < -0.3 is 9.64 Å². The van der Waals surface area contributed by atoms with Crippen molar-refractivity contribution in [2.24, 2.45) is 0 Å². The first-order valence-corrected chi connectivity index (χ1v) is 8.81. The lowest BCUT2D eigenvalue weighted by molar-refractivity contribution is 0.103. The van der Waals surface area contributed by atoms with E-state index in [2.05, 4.69) is 55.0 Å². The Labute approximate surface area is 136 Å². The third-order valence-electron chi connectivity index (χ3n) is 4.67. The molecule has 0 aliphatic carbocycles. The molecule has 1 saturated heterocycles. The fourth-order valence-corrected chi connectivity index (χ4v) is 3.11. The maximum absolute atomic E-state index is 5.93. The molecule has 0 bridgehead atoms. The van der Waals surface area contributed by atoms with Crippen LogP contribution in [0.15, 0.2) is 24.3 Å². The molecule has 2 rings (SSSR count). The van der Waals surface area contributed by atoms with E-state index < -0.39 is 0 Å². The van der Waals surface area contributed by atoms with Gasteiger partial charge in [0.1, 0.15) is 12.4 Å². The van der Waals surface area contributed by atoms with Crippen LogP contribution in [0.1, 0.15) is 38.2 Å². The van der Waals surface area contributed by atoms with Crippen molar-refractivity contribution in [3.8, 4) is 5.75 Å². The molecule has 22 heavy (non-hydrogen) atoms. The third kappa shape index (κ3) is 5.62. The highest BCUT2D eigenvalue weighted by Gasteiger charge is 2.22. The molecule has 3 heteroatoms. The minimum absolute atomic E-state index is 0.740. The predicted octanol–water partition coefficient (Wildman–Crippen LogP) is 3.57. The van der Waals surface area contributed by atoms with Gasteiger partial charge in [0.25, 0.3) is 0 Å². The van der Waals surface area contributed by atoms with Crippen LogP contribution >= 0.6 is 0 Å². The number of benzene rings is 1. The highest BCUT2D eigenvalue weighted by molar-refractivity contribution is 5.26. The van der Waals surface area contributed by atoms with Gasteiger partial charge in [0.05, 0.1) is 0 Å². The van der Waals surface area contributed by atoms with Gasteiger partial charge in [-0.1, -0.05) is 31.0 Å². The van der Waals surface area contributed by atoms with Gasteiger partial charge in [0, 0.05) is 12.6 Å². The van der Waals surface area contributed by atoms with Gasteiger partial charge in [-0.05, 0) is 65.0 Å². The summed E-state index contributed by atoms with van der Waals surface area (Å²) >= 11 is 0. The Hall–Kier alpha value is -1.06. The number of hydrogen-bond donors (Lipinski definition) is 0. The van der Waals surface area contributed by atoms with E-state index in [0.717, 1.165) is 24.9 Å². The zero-order chi connectivity index (χ0) is 15.8. The van der Waals surface area contributed by atoms with Crippen molar-refractivity contribution in [2.75, 3.05) is 39.8 Å². The molecule has 1 heterocycles. The molecule has 0 spiro atoms. The average molecular weight is 304 g/mol. The number of unbranched alkanes of at least 4 members (excludes halogenated alkanes) is 1. The van der Waals surface area contributed by atoms with Crippen molar-refractivity contribution < 1.29 is 4.74 Å². The number of ether oxygens (including phenoxy) is 1. The average Bonchev–Trinajstić information content (AvgIpc) is 2.53. The lowest BCUT2D eigenvalue weighted by atomic mass is 10.0. The molecule has 0 unspecified atom stereocenters.